The molecule has 7 heteroatoms. The lowest BCUT2D eigenvalue weighted by atomic mass is 9.90. The molecule has 1 aliphatic carbocycles. The van der Waals surface area contributed by atoms with Crippen LogP contribution in [0, 0.1) is 17.6 Å². The summed E-state index contributed by atoms with van der Waals surface area (Å²) < 4.78 is 54.8. The van der Waals surface area contributed by atoms with Gasteiger partial charge in [0.15, 0.2) is 11.6 Å². The number of rotatable bonds is 4. The number of halogens is 3. The van der Waals surface area contributed by atoms with Gasteiger partial charge in [0.1, 0.15) is 10.7 Å². The minimum absolute atomic E-state index is 0.210. The van der Waals surface area contributed by atoms with E-state index in [1.54, 1.807) is 0 Å². The Morgan fingerprint density at radius 3 is 2.45 bits per heavy atom. The zero-order valence-electron chi connectivity index (χ0n) is 10.7. The number of benzene rings is 1. The van der Waals surface area contributed by atoms with Crippen LogP contribution in [0.4, 0.5) is 8.78 Å². The van der Waals surface area contributed by atoms with Crippen LogP contribution in [0.1, 0.15) is 32.1 Å². The molecule has 0 radical (unpaired) electrons. The molecule has 0 saturated heterocycles. The van der Waals surface area contributed by atoms with Crippen LogP contribution in [0.3, 0.4) is 0 Å². The van der Waals surface area contributed by atoms with Gasteiger partial charge in [0.25, 0.3) is 9.05 Å². The third-order valence-electron chi connectivity index (χ3n) is 3.43. The maximum atomic E-state index is 13.7. The molecule has 0 unspecified atom stereocenters. The average Bonchev–Trinajstić information content (AvgIpc) is 2.37. The first-order valence-electron chi connectivity index (χ1n) is 6.44. The maximum absolute atomic E-state index is 13.7. The predicted molar refractivity (Wildman–Crippen MR) is 71.5 cm³/mol. The van der Waals surface area contributed by atoms with E-state index in [1.165, 1.54) is 6.42 Å². The van der Waals surface area contributed by atoms with Crippen molar-refractivity contribution in [2.75, 3.05) is 6.61 Å². The zero-order chi connectivity index (χ0) is 14.8. The third-order valence-corrected chi connectivity index (χ3v) is 4.75. The lowest BCUT2D eigenvalue weighted by molar-refractivity contribution is 0.198. The summed E-state index contributed by atoms with van der Waals surface area (Å²) in [5.41, 5.74) is 0. The van der Waals surface area contributed by atoms with E-state index in [9.17, 15) is 17.2 Å². The van der Waals surface area contributed by atoms with Crippen LogP contribution in [0.2, 0.25) is 0 Å². The van der Waals surface area contributed by atoms with Gasteiger partial charge in [-0.3, -0.25) is 0 Å². The molecule has 2 rings (SSSR count). The van der Waals surface area contributed by atoms with Crippen molar-refractivity contribution in [1.29, 1.82) is 0 Å². The number of hydrogen-bond donors (Lipinski definition) is 0. The van der Waals surface area contributed by atoms with Crippen molar-refractivity contribution in [3.8, 4) is 5.75 Å². The molecule has 0 heterocycles. The van der Waals surface area contributed by atoms with E-state index < -0.39 is 31.3 Å². The minimum Gasteiger partial charge on any atom is -0.489 e. The Bertz CT molecular complexity index is 584. The highest BCUT2D eigenvalue weighted by atomic mass is 35.7. The molecule has 0 atom stereocenters. The van der Waals surface area contributed by atoms with Gasteiger partial charge in [-0.15, -0.1) is 0 Å². The molecule has 112 valence electrons. The Labute approximate surface area is 121 Å². The molecule has 0 amide bonds. The third kappa shape index (κ3) is 3.82. The van der Waals surface area contributed by atoms with Crippen LogP contribution in [-0.2, 0) is 9.05 Å². The second-order valence-electron chi connectivity index (χ2n) is 4.97. The Kier molecular flexibility index (Phi) is 4.86. The van der Waals surface area contributed by atoms with Gasteiger partial charge in [-0.05, 0) is 24.8 Å². The van der Waals surface area contributed by atoms with E-state index in [4.69, 9.17) is 15.4 Å². The van der Waals surface area contributed by atoms with Crippen molar-refractivity contribution in [3.63, 3.8) is 0 Å². The van der Waals surface area contributed by atoms with Gasteiger partial charge >= 0.3 is 0 Å². The van der Waals surface area contributed by atoms with Gasteiger partial charge in [0.05, 0.1) is 6.61 Å². The molecular weight excluding hydrogens is 310 g/mol. The average molecular weight is 325 g/mol. The lowest BCUT2D eigenvalue weighted by Gasteiger charge is -2.22. The highest BCUT2D eigenvalue weighted by Crippen LogP contribution is 2.32. The maximum Gasteiger partial charge on any atom is 0.265 e. The highest BCUT2D eigenvalue weighted by molar-refractivity contribution is 8.13. The Morgan fingerprint density at radius 1 is 1.20 bits per heavy atom. The molecule has 20 heavy (non-hydrogen) atoms. The van der Waals surface area contributed by atoms with Gasteiger partial charge in [-0.2, -0.15) is 0 Å². The molecule has 1 saturated carbocycles. The summed E-state index contributed by atoms with van der Waals surface area (Å²) in [5, 5.41) is 0. The van der Waals surface area contributed by atoms with Gasteiger partial charge in [-0.25, -0.2) is 17.2 Å². The van der Waals surface area contributed by atoms with Crippen molar-refractivity contribution in [3.05, 3.63) is 23.8 Å². The molecule has 0 spiro atoms. The summed E-state index contributed by atoms with van der Waals surface area (Å²) in [6, 6.07) is 1.25. The molecule has 1 aliphatic rings. The standard InChI is InChI=1S/C13H15ClF2O3S/c14-20(17,18)12-7-10(15)6-11(16)13(12)19-8-9-4-2-1-3-5-9/h6-7,9H,1-5,8H2. The van der Waals surface area contributed by atoms with E-state index in [1.807, 2.05) is 0 Å². The first-order chi connectivity index (χ1) is 9.38. The molecule has 3 nitrogen and oxygen atoms in total. The van der Waals surface area contributed by atoms with Gasteiger partial charge < -0.3 is 4.74 Å². The molecule has 1 aromatic rings. The monoisotopic (exact) mass is 324 g/mol. The topological polar surface area (TPSA) is 43.4 Å². The van der Waals surface area contributed by atoms with Gasteiger partial charge in [0.2, 0.25) is 0 Å². The predicted octanol–water partition coefficient (Wildman–Crippen LogP) is 3.85. The van der Waals surface area contributed by atoms with Crippen LogP contribution in [0.5, 0.6) is 5.75 Å². The second-order valence-corrected chi connectivity index (χ2v) is 7.50. The van der Waals surface area contributed by atoms with Gasteiger partial charge in [0, 0.05) is 16.7 Å². The molecule has 0 aliphatic heterocycles. The minimum atomic E-state index is -4.26. The van der Waals surface area contributed by atoms with Crippen LogP contribution in [0.25, 0.3) is 0 Å². The quantitative estimate of drug-likeness (QED) is 0.790. The van der Waals surface area contributed by atoms with Crippen LogP contribution in [-0.4, -0.2) is 15.0 Å². The Morgan fingerprint density at radius 2 is 1.85 bits per heavy atom. The van der Waals surface area contributed by atoms with Crippen molar-refractivity contribution in [2.24, 2.45) is 5.92 Å². The highest BCUT2D eigenvalue weighted by Gasteiger charge is 2.24. The summed E-state index contributed by atoms with van der Waals surface area (Å²) in [6.07, 6.45) is 5.27. The second kappa shape index (κ2) is 6.26. The Hall–Kier alpha value is -0.880. The normalized spacial score (nSPS) is 17.1. The number of ether oxygens (including phenoxy) is 1. The Balaban J connectivity index is 2.21. The zero-order valence-corrected chi connectivity index (χ0v) is 12.3. The summed E-state index contributed by atoms with van der Waals surface area (Å²) >= 11 is 0. The lowest BCUT2D eigenvalue weighted by Crippen LogP contribution is -2.16. The van der Waals surface area contributed by atoms with E-state index in [-0.39, 0.29) is 12.5 Å². The van der Waals surface area contributed by atoms with Crippen molar-refractivity contribution in [2.45, 2.75) is 37.0 Å². The summed E-state index contributed by atoms with van der Waals surface area (Å²) in [4.78, 5) is -0.660. The SMILES string of the molecule is O=S(=O)(Cl)c1cc(F)cc(F)c1OCC1CCCCC1. The fourth-order valence-corrected chi connectivity index (χ4v) is 3.39. The fourth-order valence-electron chi connectivity index (χ4n) is 2.41. The van der Waals surface area contributed by atoms with E-state index in [0.717, 1.165) is 25.7 Å². The van der Waals surface area contributed by atoms with E-state index >= 15 is 0 Å². The molecule has 0 N–H and O–H groups in total. The molecule has 1 fully saturated rings. The largest absolute Gasteiger partial charge is 0.489 e. The van der Waals surface area contributed by atoms with Crippen molar-refractivity contribution in [1.82, 2.24) is 0 Å². The summed E-state index contributed by atoms with van der Waals surface area (Å²) in [7, 11) is 0.924. The molecule has 0 aromatic heterocycles. The summed E-state index contributed by atoms with van der Waals surface area (Å²) in [5.74, 6) is -2.29. The molecule has 0 bridgehead atoms. The fraction of sp³-hybridized carbons (Fsp3) is 0.538. The van der Waals surface area contributed by atoms with Crippen LogP contribution in [0.15, 0.2) is 17.0 Å². The first-order valence-corrected chi connectivity index (χ1v) is 8.75. The van der Waals surface area contributed by atoms with Crippen LogP contribution < -0.4 is 4.74 Å². The molecule has 1 aromatic carbocycles. The summed E-state index contributed by atoms with van der Waals surface area (Å²) in [6.45, 7) is 0.210. The van der Waals surface area contributed by atoms with Crippen LogP contribution >= 0.6 is 10.7 Å². The van der Waals surface area contributed by atoms with Crippen molar-refractivity contribution >= 4 is 19.7 Å². The van der Waals surface area contributed by atoms with E-state index in [0.29, 0.717) is 12.1 Å². The number of hydrogen-bond acceptors (Lipinski definition) is 3. The van der Waals surface area contributed by atoms with Gasteiger partial charge in [-0.1, -0.05) is 19.3 Å². The smallest absolute Gasteiger partial charge is 0.265 e. The van der Waals surface area contributed by atoms with E-state index in [2.05, 4.69) is 0 Å². The molecular formula is C13H15ClF2O3S. The van der Waals surface area contributed by atoms with Crippen molar-refractivity contribution < 1.29 is 21.9 Å². The first kappa shape index (κ1) is 15.5.